The van der Waals surface area contributed by atoms with E-state index in [1.54, 1.807) is 0 Å². The van der Waals surface area contributed by atoms with Crippen LogP contribution in [0.2, 0.25) is 0 Å². The highest BCUT2D eigenvalue weighted by atomic mass is 16.5. The summed E-state index contributed by atoms with van der Waals surface area (Å²) in [7, 11) is 0. The third-order valence-corrected chi connectivity index (χ3v) is 9.97. The molecule has 6 aliphatic heterocycles. The van der Waals surface area contributed by atoms with Gasteiger partial charge in [-0.25, -0.2) is 0 Å². The summed E-state index contributed by atoms with van der Waals surface area (Å²) < 4.78 is 5.01. The van der Waals surface area contributed by atoms with Crippen molar-refractivity contribution in [1.29, 1.82) is 0 Å². The Bertz CT molecular complexity index is 754. The van der Waals surface area contributed by atoms with E-state index in [1.165, 1.54) is 129 Å². The van der Waals surface area contributed by atoms with E-state index in [-0.39, 0.29) is 0 Å². The van der Waals surface area contributed by atoms with Crippen molar-refractivity contribution in [1.82, 2.24) is 41.8 Å². The van der Waals surface area contributed by atoms with Gasteiger partial charge < -0.3 is 46.6 Å². The predicted molar refractivity (Wildman–Crippen MR) is 207 cm³/mol. The molecule has 7 rings (SSSR count). The summed E-state index contributed by atoms with van der Waals surface area (Å²) in [5, 5.41) is 28.3. The Balaban J connectivity index is 0.000000209. The lowest BCUT2D eigenvalue weighted by Crippen LogP contribution is -2.45. The van der Waals surface area contributed by atoms with Crippen LogP contribution in [-0.4, -0.2) is 126 Å². The minimum Gasteiger partial charge on any atom is -0.396 e. The SMILES string of the molecule is C1CCN(C2CCNCC2)CC1.C1CCNC1.C1COCCN1.CC1CCNCC1.CCNCc1ccncc1.OCCC1CCNCC1. The standard InChI is InChI=1S/C10H20N2.C8H12N2.C7H15NO.C6H13N.C4H9NO.C4H9N/c1-2-8-12(9-3-1)10-4-6-11-7-5-10;1-2-9-7-8-3-5-10-6-4-8;9-6-3-7-1-4-8-5-2-7;1-6-2-4-7-5-3-6;1-3-6-4-2-5-1;1-2-4-5-3-1/h10-11H,1-9H2;3-6,9H,2,7H2,1H3;7-9H,1-6H2;6-7H,2-5H2,1H3;5H,1-4H2;5H,1-4H2. The van der Waals surface area contributed by atoms with Gasteiger partial charge in [0.2, 0.25) is 0 Å². The van der Waals surface area contributed by atoms with E-state index in [1.807, 2.05) is 24.5 Å². The topological polar surface area (TPSA) is 118 Å². The molecule has 0 saturated carbocycles. The zero-order valence-electron chi connectivity index (χ0n) is 31.8. The Hall–Kier alpha value is -1.21. The quantitative estimate of drug-likeness (QED) is 0.238. The van der Waals surface area contributed by atoms with Crippen LogP contribution in [0, 0.1) is 11.8 Å². The van der Waals surface area contributed by atoms with Gasteiger partial charge in [-0.1, -0.05) is 20.3 Å². The second kappa shape index (κ2) is 32.7. The van der Waals surface area contributed by atoms with Crippen molar-refractivity contribution in [3.8, 4) is 0 Å². The number of nitrogens with zero attached hydrogens (tertiary/aromatic N) is 2. The molecule has 0 aliphatic carbocycles. The third kappa shape index (κ3) is 25.4. The molecule has 0 amide bonds. The van der Waals surface area contributed by atoms with Gasteiger partial charge in [-0.05, 0) is 172 Å². The molecule has 0 spiro atoms. The highest BCUT2D eigenvalue weighted by molar-refractivity contribution is 5.08. The molecule has 10 nitrogen and oxygen atoms in total. The molecule has 0 bridgehead atoms. The van der Waals surface area contributed by atoms with Crippen molar-refractivity contribution in [2.45, 2.75) is 103 Å². The number of pyridine rings is 1. The van der Waals surface area contributed by atoms with Crippen LogP contribution in [0.25, 0.3) is 0 Å². The molecule has 49 heavy (non-hydrogen) atoms. The van der Waals surface area contributed by atoms with Gasteiger partial charge in [-0.15, -0.1) is 0 Å². The Morgan fingerprint density at radius 3 is 1.67 bits per heavy atom. The Morgan fingerprint density at radius 2 is 1.24 bits per heavy atom. The van der Waals surface area contributed by atoms with E-state index in [0.717, 1.165) is 76.8 Å². The number of morpholine rings is 1. The summed E-state index contributed by atoms with van der Waals surface area (Å²) in [6.45, 7) is 23.0. The first-order chi connectivity index (χ1) is 24.2. The van der Waals surface area contributed by atoms with E-state index < -0.39 is 0 Å². The fraction of sp³-hybridized carbons (Fsp3) is 0.872. The van der Waals surface area contributed by atoms with Crippen molar-refractivity contribution in [3.05, 3.63) is 30.1 Å². The van der Waals surface area contributed by atoms with Gasteiger partial charge in [0, 0.05) is 44.7 Å². The first kappa shape index (κ1) is 44.0. The Kier molecular flexibility index (Phi) is 29.3. The molecular weight excluding hydrogens is 612 g/mol. The van der Waals surface area contributed by atoms with Crippen LogP contribution in [0.15, 0.2) is 24.5 Å². The number of rotatable bonds is 6. The molecule has 0 aromatic carbocycles. The van der Waals surface area contributed by atoms with Crippen LogP contribution in [0.5, 0.6) is 0 Å². The Morgan fingerprint density at radius 1 is 0.714 bits per heavy atom. The van der Waals surface area contributed by atoms with Gasteiger partial charge in [0.25, 0.3) is 0 Å². The maximum absolute atomic E-state index is 8.60. The molecule has 7 heterocycles. The summed E-state index contributed by atoms with van der Waals surface area (Å²) in [4.78, 5) is 6.64. The molecule has 0 atom stereocenters. The van der Waals surface area contributed by atoms with Crippen LogP contribution in [-0.2, 0) is 11.3 Å². The lowest BCUT2D eigenvalue weighted by atomic mass is 9.95. The van der Waals surface area contributed by atoms with E-state index in [2.05, 4.69) is 55.6 Å². The molecule has 286 valence electrons. The van der Waals surface area contributed by atoms with E-state index in [0.29, 0.717) is 6.61 Å². The molecule has 1 aromatic rings. The van der Waals surface area contributed by atoms with Gasteiger partial charge in [0.05, 0.1) is 13.2 Å². The number of nitrogens with one attached hydrogen (secondary N) is 6. The van der Waals surface area contributed by atoms with Crippen LogP contribution in [0.4, 0.5) is 0 Å². The molecule has 10 heteroatoms. The van der Waals surface area contributed by atoms with Crippen molar-refractivity contribution < 1.29 is 9.84 Å². The summed E-state index contributed by atoms with van der Waals surface area (Å²) in [5.41, 5.74) is 1.29. The predicted octanol–water partition coefficient (Wildman–Crippen LogP) is 3.77. The number of likely N-dealkylation sites (tertiary alicyclic amines) is 1. The zero-order chi connectivity index (χ0) is 34.9. The Labute approximate surface area is 301 Å². The number of hydrogen-bond donors (Lipinski definition) is 7. The van der Waals surface area contributed by atoms with E-state index in [9.17, 15) is 0 Å². The second-order valence-electron chi connectivity index (χ2n) is 14.2. The first-order valence-corrected chi connectivity index (χ1v) is 20.3. The van der Waals surface area contributed by atoms with Crippen LogP contribution in [0.1, 0.15) is 96.5 Å². The van der Waals surface area contributed by atoms with Crippen molar-refractivity contribution in [3.63, 3.8) is 0 Å². The van der Waals surface area contributed by atoms with Gasteiger partial charge >= 0.3 is 0 Å². The number of hydrogen-bond acceptors (Lipinski definition) is 10. The lowest BCUT2D eigenvalue weighted by Gasteiger charge is -2.36. The van der Waals surface area contributed by atoms with Crippen molar-refractivity contribution in [2.75, 3.05) is 105 Å². The summed E-state index contributed by atoms with van der Waals surface area (Å²) in [5.74, 6) is 1.76. The third-order valence-electron chi connectivity index (χ3n) is 9.97. The summed E-state index contributed by atoms with van der Waals surface area (Å²) >= 11 is 0. The van der Waals surface area contributed by atoms with Gasteiger partial charge in [-0.2, -0.15) is 0 Å². The molecule has 6 fully saturated rings. The minimum absolute atomic E-state index is 0.366. The molecule has 0 radical (unpaired) electrons. The van der Waals surface area contributed by atoms with Gasteiger partial charge in [-0.3, -0.25) is 4.98 Å². The van der Waals surface area contributed by atoms with Crippen molar-refractivity contribution >= 4 is 0 Å². The number of piperidine rings is 4. The molecule has 6 aliphatic rings. The van der Waals surface area contributed by atoms with Crippen LogP contribution in [0.3, 0.4) is 0 Å². The second-order valence-corrected chi connectivity index (χ2v) is 14.2. The minimum atomic E-state index is 0.366. The van der Waals surface area contributed by atoms with E-state index in [4.69, 9.17) is 9.84 Å². The smallest absolute Gasteiger partial charge is 0.0591 e. The van der Waals surface area contributed by atoms with Gasteiger partial charge in [0.15, 0.2) is 0 Å². The highest BCUT2D eigenvalue weighted by Crippen LogP contribution is 2.17. The fourth-order valence-electron chi connectivity index (χ4n) is 6.69. The van der Waals surface area contributed by atoms with E-state index >= 15 is 0 Å². The summed E-state index contributed by atoms with van der Waals surface area (Å²) in [6, 6.07) is 4.94. The normalized spacial score (nSPS) is 22.2. The van der Waals surface area contributed by atoms with Crippen LogP contribution >= 0.6 is 0 Å². The molecular formula is C39H78N8O2. The maximum Gasteiger partial charge on any atom is 0.0591 e. The van der Waals surface area contributed by atoms with Crippen LogP contribution < -0.4 is 31.9 Å². The first-order valence-electron chi connectivity index (χ1n) is 20.3. The largest absolute Gasteiger partial charge is 0.396 e. The molecule has 7 N–H and O–H groups in total. The molecule has 6 saturated heterocycles. The monoisotopic (exact) mass is 691 g/mol. The number of ether oxygens (including phenoxy) is 1. The zero-order valence-corrected chi connectivity index (χ0v) is 31.8. The number of aromatic nitrogens is 1. The average molecular weight is 691 g/mol. The maximum atomic E-state index is 8.60. The average Bonchev–Trinajstić information content (AvgIpc) is 3.79. The molecule has 0 unspecified atom stereocenters. The summed E-state index contributed by atoms with van der Waals surface area (Å²) in [6.07, 6.45) is 19.7. The molecule has 1 aromatic heterocycles. The fourth-order valence-corrected chi connectivity index (χ4v) is 6.69. The lowest BCUT2D eigenvalue weighted by molar-refractivity contribution is 0.109. The highest BCUT2D eigenvalue weighted by Gasteiger charge is 2.21. The van der Waals surface area contributed by atoms with Gasteiger partial charge in [0.1, 0.15) is 0 Å². The number of aliphatic hydroxyl groups is 1. The number of aliphatic hydroxyl groups excluding tert-OH is 1. The van der Waals surface area contributed by atoms with Crippen molar-refractivity contribution in [2.24, 2.45) is 11.8 Å².